The number of aliphatic hydroxyl groups excluding tert-OH is 1. The summed E-state index contributed by atoms with van der Waals surface area (Å²) in [6.45, 7) is 4.35. The van der Waals surface area contributed by atoms with Gasteiger partial charge in [0.15, 0.2) is 17.6 Å². The van der Waals surface area contributed by atoms with Crippen molar-refractivity contribution >= 4 is 5.91 Å². The molecule has 1 aromatic carbocycles. The Labute approximate surface area is 119 Å². The molecule has 1 amide bonds. The topological polar surface area (TPSA) is 67.8 Å². The number of carbonyl (C=O) groups excluding carboxylic acids is 1. The number of hydrogen-bond acceptors (Lipinski definition) is 4. The van der Waals surface area contributed by atoms with Gasteiger partial charge in [-0.25, -0.2) is 0 Å². The Morgan fingerprint density at radius 3 is 2.75 bits per heavy atom. The second-order valence-corrected chi connectivity index (χ2v) is 4.55. The molecule has 112 valence electrons. The number of amides is 1. The van der Waals surface area contributed by atoms with E-state index < -0.39 is 6.10 Å². The van der Waals surface area contributed by atoms with Crippen molar-refractivity contribution in [3.05, 3.63) is 23.8 Å². The molecular formula is C15H23NO4. The van der Waals surface area contributed by atoms with Crippen LogP contribution >= 0.6 is 0 Å². The number of benzene rings is 1. The zero-order valence-electron chi connectivity index (χ0n) is 12.3. The summed E-state index contributed by atoms with van der Waals surface area (Å²) in [5.74, 6) is 0.847. The lowest BCUT2D eigenvalue weighted by atomic mass is 10.2. The van der Waals surface area contributed by atoms with Crippen molar-refractivity contribution in [1.29, 1.82) is 0 Å². The van der Waals surface area contributed by atoms with Crippen molar-refractivity contribution in [3.63, 3.8) is 0 Å². The summed E-state index contributed by atoms with van der Waals surface area (Å²) in [6.07, 6.45) is 1.39. The van der Waals surface area contributed by atoms with Crippen LogP contribution in [0.5, 0.6) is 11.5 Å². The highest BCUT2D eigenvalue weighted by molar-refractivity contribution is 5.80. The number of carbonyl (C=O) groups is 1. The molecule has 0 saturated carbocycles. The lowest BCUT2D eigenvalue weighted by Crippen LogP contribution is -2.36. The van der Waals surface area contributed by atoms with Crippen molar-refractivity contribution in [2.45, 2.75) is 39.4 Å². The molecule has 20 heavy (non-hydrogen) atoms. The van der Waals surface area contributed by atoms with Crippen LogP contribution in [0.1, 0.15) is 32.3 Å². The Bertz CT molecular complexity index is 434. The van der Waals surface area contributed by atoms with Gasteiger partial charge >= 0.3 is 0 Å². The molecule has 0 aliphatic rings. The van der Waals surface area contributed by atoms with Crippen molar-refractivity contribution in [1.82, 2.24) is 5.32 Å². The Balaban J connectivity index is 2.65. The van der Waals surface area contributed by atoms with Gasteiger partial charge in [0.2, 0.25) is 0 Å². The summed E-state index contributed by atoms with van der Waals surface area (Å²) < 4.78 is 10.8. The van der Waals surface area contributed by atoms with E-state index in [-0.39, 0.29) is 12.5 Å². The third-order valence-corrected chi connectivity index (χ3v) is 2.91. The molecule has 0 heterocycles. The Morgan fingerprint density at radius 1 is 1.40 bits per heavy atom. The molecule has 5 heteroatoms. The lowest BCUT2D eigenvalue weighted by molar-refractivity contribution is -0.127. The van der Waals surface area contributed by atoms with E-state index in [4.69, 9.17) is 14.6 Å². The van der Waals surface area contributed by atoms with E-state index in [1.807, 2.05) is 0 Å². The maximum Gasteiger partial charge on any atom is 0.260 e. The lowest BCUT2D eigenvalue weighted by Gasteiger charge is -2.17. The largest absolute Gasteiger partial charge is 0.493 e. The van der Waals surface area contributed by atoms with E-state index in [9.17, 15) is 4.79 Å². The fourth-order valence-electron chi connectivity index (χ4n) is 1.68. The standard InChI is InChI=1S/C15H23NO4/c1-4-5-8-16-15(18)11(2)20-13-7-6-12(10-17)9-14(13)19-3/h6-7,9,11,17H,4-5,8,10H2,1-3H3,(H,16,18). The molecule has 0 spiro atoms. The SMILES string of the molecule is CCCCNC(=O)C(C)Oc1ccc(CO)cc1OC. The Morgan fingerprint density at radius 2 is 2.15 bits per heavy atom. The van der Waals surface area contributed by atoms with Gasteiger partial charge in [-0.05, 0) is 31.0 Å². The number of unbranched alkanes of at least 4 members (excludes halogenated alkanes) is 1. The minimum atomic E-state index is -0.597. The van der Waals surface area contributed by atoms with Crippen LogP contribution in [0.4, 0.5) is 0 Å². The average molecular weight is 281 g/mol. The van der Waals surface area contributed by atoms with Gasteiger partial charge in [0, 0.05) is 6.54 Å². The molecule has 0 radical (unpaired) electrons. The van der Waals surface area contributed by atoms with Crippen molar-refractivity contribution in [3.8, 4) is 11.5 Å². The van der Waals surface area contributed by atoms with Gasteiger partial charge in [-0.2, -0.15) is 0 Å². The number of rotatable bonds is 8. The zero-order valence-corrected chi connectivity index (χ0v) is 12.3. The minimum Gasteiger partial charge on any atom is -0.493 e. The van der Waals surface area contributed by atoms with E-state index >= 15 is 0 Å². The van der Waals surface area contributed by atoms with Gasteiger partial charge in [0.25, 0.3) is 5.91 Å². The molecule has 0 saturated heterocycles. The van der Waals surface area contributed by atoms with Crippen LogP contribution in [0.2, 0.25) is 0 Å². The van der Waals surface area contributed by atoms with Crippen molar-refractivity contribution in [2.75, 3.05) is 13.7 Å². The normalized spacial score (nSPS) is 11.8. The summed E-state index contributed by atoms with van der Waals surface area (Å²) in [4.78, 5) is 11.8. The second kappa shape index (κ2) is 8.43. The van der Waals surface area contributed by atoms with Crippen LogP contribution in [-0.4, -0.2) is 30.8 Å². The highest BCUT2D eigenvalue weighted by Crippen LogP contribution is 2.28. The first-order chi connectivity index (χ1) is 9.62. The summed E-state index contributed by atoms with van der Waals surface area (Å²) in [5, 5.41) is 11.9. The third-order valence-electron chi connectivity index (χ3n) is 2.91. The van der Waals surface area contributed by atoms with E-state index in [2.05, 4.69) is 12.2 Å². The van der Waals surface area contributed by atoms with Crippen LogP contribution < -0.4 is 14.8 Å². The minimum absolute atomic E-state index is 0.0658. The molecule has 0 aromatic heterocycles. The predicted molar refractivity (Wildman–Crippen MR) is 76.9 cm³/mol. The molecule has 1 aromatic rings. The van der Waals surface area contributed by atoms with E-state index in [1.54, 1.807) is 25.1 Å². The van der Waals surface area contributed by atoms with Crippen LogP contribution in [0.3, 0.4) is 0 Å². The monoisotopic (exact) mass is 281 g/mol. The van der Waals surface area contributed by atoms with Gasteiger partial charge in [-0.3, -0.25) is 4.79 Å². The van der Waals surface area contributed by atoms with Crippen LogP contribution in [-0.2, 0) is 11.4 Å². The van der Waals surface area contributed by atoms with Gasteiger partial charge in [-0.15, -0.1) is 0 Å². The molecule has 0 aliphatic carbocycles. The highest BCUT2D eigenvalue weighted by atomic mass is 16.5. The average Bonchev–Trinajstić information content (AvgIpc) is 2.47. The predicted octanol–water partition coefficient (Wildman–Crippen LogP) is 1.87. The maximum atomic E-state index is 11.8. The number of aliphatic hydroxyl groups is 1. The van der Waals surface area contributed by atoms with E-state index in [0.29, 0.717) is 18.0 Å². The number of methoxy groups -OCH3 is 1. The smallest absolute Gasteiger partial charge is 0.260 e. The van der Waals surface area contributed by atoms with Gasteiger partial charge < -0.3 is 19.9 Å². The Kier molecular flexibility index (Phi) is 6.87. The van der Waals surface area contributed by atoms with Crippen molar-refractivity contribution < 1.29 is 19.4 Å². The third kappa shape index (κ3) is 4.74. The second-order valence-electron chi connectivity index (χ2n) is 4.55. The number of nitrogens with one attached hydrogen (secondary N) is 1. The fourth-order valence-corrected chi connectivity index (χ4v) is 1.68. The molecule has 2 N–H and O–H groups in total. The highest BCUT2D eigenvalue weighted by Gasteiger charge is 2.16. The molecular weight excluding hydrogens is 258 g/mol. The van der Waals surface area contributed by atoms with E-state index in [1.165, 1.54) is 7.11 Å². The van der Waals surface area contributed by atoms with Gasteiger partial charge in [0.05, 0.1) is 13.7 Å². The molecule has 0 bridgehead atoms. The van der Waals surface area contributed by atoms with E-state index in [0.717, 1.165) is 18.4 Å². The number of hydrogen-bond donors (Lipinski definition) is 2. The van der Waals surface area contributed by atoms with Crippen LogP contribution in [0.25, 0.3) is 0 Å². The fraction of sp³-hybridized carbons (Fsp3) is 0.533. The van der Waals surface area contributed by atoms with Crippen LogP contribution in [0, 0.1) is 0 Å². The van der Waals surface area contributed by atoms with Crippen molar-refractivity contribution in [2.24, 2.45) is 0 Å². The van der Waals surface area contributed by atoms with Crippen LogP contribution in [0.15, 0.2) is 18.2 Å². The van der Waals surface area contributed by atoms with Gasteiger partial charge in [0.1, 0.15) is 0 Å². The number of ether oxygens (including phenoxy) is 2. The molecule has 1 rings (SSSR count). The molecule has 5 nitrogen and oxygen atoms in total. The summed E-state index contributed by atoms with van der Waals surface area (Å²) in [5.41, 5.74) is 0.731. The Hall–Kier alpha value is -1.75. The van der Waals surface area contributed by atoms with Gasteiger partial charge in [-0.1, -0.05) is 19.4 Å². The summed E-state index contributed by atoms with van der Waals surface area (Å²) in [6, 6.07) is 5.12. The summed E-state index contributed by atoms with van der Waals surface area (Å²) >= 11 is 0. The zero-order chi connectivity index (χ0) is 15.0. The molecule has 0 aliphatic heterocycles. The molecule has 0 fully saturated rings. The quantitative estimate of drug-likeness (QED) is 0.714. The first-order valence-electron chi connectivity index (χ1n) is 6.84. The first-order valence-corrected chi connectivity index (χ1v) is 6.84. The maximum absolute atomic E-state index is 11.8. The summed E-state index contributed by atoms with van der Waals surface area (Å²) in [7, 11) is 1.52. The molecule has 1 unspecified atom stereocenters. The molecule has 1 atom stereocenters. The first kappa shape index (κ1) is 16.3.